The van der Waals surface area contributed by atoms with E-state index in [9.17, 15) is 4.79 Å². The van der Waals surface area contributed by atoms with E-state index in [0.29, 0.717) is 17.5 Å². The normalized spacial score (nSPS) is 13.4. The number of ether oxygens (including phenoxy) is 1. The standard InChI is InChI=1S/C19H19N5O2S/c1-26-16-5-3-2-4-15(16)21-17(25)12-27-19-23-22-18(24(19)14-6-7-14)13-8-10-20-11-9-13/h2-5,8-11,14H,6-7,12H2,1H3,(H,21,25). The Bertz CT molecular complexity index is 940. The van der Waals surface area contributed by atoms with Crippen LogP contribution in [0.3, 0.4) is 0 Å². The lowest BCUT2D eigenvalue weighted by Crippen LogP contribution is -2.15. The van der Waals surface area contributed by atoms with Crippen LogP contribution in [0.1, 0.15) is 18.9 Å². The molecule has 1 fully saturated rings. The minimum Gasteiger partial charge on any atom is -0.495 e. The van der Waals surface area contributed by atoms with Gasteiger partial charge in [-0.25, -0.2) is 0 Å². The van der Waals surface area contributed by atoms with Crippen LogP contribution in [0.4, 0.5) is 5.69 Å². The number of amides is 1. The van der Waals surface area contributed by atoms with E-state index in [0.717, 1.165) is 29.4 Å². The Morgan fingerprint density at radius 2 is 2.00 bits per heavy atom. The molecule has 0 radical (unpaired) electrons. The topological polar surface area (TPSA) is 81.9 Å². The zero-order valence-corrected chi connectivity index (χ0v) is 15.6. The summed E-state index contributed by atoms with van der Waals surface area (Å²) in [6.07, 6.45) is 5.71. The zero-order chi connectivity index (χ0) is 18.6. The van der Waals surface area contributed by atoms with E-state index in [2.05, 4.69) is 25.1 Å². The van der Waals surface area contributed by atoms with E-state index in [1.807, 2.05) is 36.4 Å². The van der Waals surface area contributed by atoms with Gasteiger partial charge in [-0.15, -0.1) is 10.2 Å². The monoisotopic (exact) mass is 381 g/mol. The number of pyridine rings is 1. The van der Waals surface area contributed by atoms with Gasteiger partial charge in [-0.2, -0.15) is 0 Å². The fourth-order valence-corrected chi connectivity index (χ4v) is 3.61. The summed E-state index contributed by atoms with van der Waals surface area (Å²) in [5.74, 6) is 1.60. The summed E-state index contributed by atoms with van der Waals surface area (Å²) in [6.45, 7) is 0. The lowest BCUT2D eigenvalue weighted by molar-refractivity contribution is -0.113. The van der Waals surface area contributed by atoms with Crippen LogP contribution in [0.2, 0.25) is 0 Å². The number of nitrogens with one attached hydrogen (secondary N) is 1. The molecule has 3 aromatic rings. The SMILES string of the molecule is COc1ccccc1NC(=O)CSc1nnc(-c2ccncc2)n1C1CC1. The van der Waals surface area contributed by atoms with E-state index in [4.69, 9.17) is 4.74 Å². The van der Waals surface area contributed by atoms with Crippen molar-refractivity contribution in [2.75, 3.05) is 18.2 Å². The first-order chi connectivity index (χ1) is 13.3. The van der Waals surface area contributed by atoms with Gasteiger partial charge >= 0.3 is 0 Å². The number of benzene rings is 1. The highest BCUT2D eigenvalue weighted by Gasteiger charge is 2.30. The van der Waals surface area contributed by atoms with Gasteiger partial charge in [0.1, 0.15) is 5.75 Å². The summed E-state index contributed by atoms with van der Waals surface area (Å²) in [5.41, 5.74) is 1.64. The van der Waals surface area contributed by atoms with Crippen molar-refractivity contribution in [1.82, 2.24) is 19.7 Å². The van der Waals surface area contributed by atoms with Crippen LogP contribution in [-0.2, 0) is 4.79 Å². The predicted molar refractivity (Wildman–Crippen MR) is 104 cm³/mol. The van der Waals surface area contributed by atoms with Crippen LogP contribution in [0.5, 0.6) is 5.75 Å². The van der Waals surface area contributed by atoms with E-state index in [-0.39, 0.29) is 11.7 Å². The number of methoxy groups -OCH3 is 1. The summed E-state index contributed by atoms with van der Waals surface area (Å²) >= 11 is 1.39. The van der Waals surface area contributed by atoms with Crippen LogP contribution in [-0.4, -0.2) is 38.5 Å². The molecule has 1 saturated carbocycles. The molecule has 0 saturated heterocycles. The van der Waals surface area contributed by atoms with Gasteiger partial charge in [0, 0.05) is 24.0 Å². The Hall–Kier alpha value is -2.87. The predicted octanol–water partition coefficient (Wildman–Crippen LogP) is 3.41. The van der Waals surface area contributed by atoms with E-state index < -0.39 is 0 Å². The number of thioether (sulfide) groups is 1. The van der Waals surface area contributed by atoms with Crippen molar-refractivity contribution in [3.05, 3.63) is 48.8 Å². The average molecular weight is 381 g/mol. The molecule has 1 aliphatic rings. The van der Waals surface area contributed by atoms with Gasteiger partial charge in [0.05, 0.1) is 18.6 Å². The fraction of sp³-hybridized carbons (Fsp3) is 0.263. The highest BCUT2D eigenvalue weighted by atomic mass is 32.2. The lowest BCUT2D eigenvalue weighted by Gasteiger charge is -2.10. The van der Waals surface area contributed by atoms with Crippen molar-refractivity contribution < 1.29 is 9.53 Å². The van der Waals surface area contributed by atoms with E-state index in [1.54, 1.807) is 19.5 Å². The second-order valence-corrected chi connectivity index (χ2v) is 7.12. The molecule has 0 bridgehead atoms. The van der Waals surface area contributed by atoms with Gasteiger partial charge < -0.3 is 10.1 Å². The molecule has 27 heavy (non-hydrogen) atoms. The number of rotatable bonds is 7. The molecule has 0 spiro atoms. The molecule has 1 aromatic carbocycles. The summed E-state index contributed by atoms with van der Waals surface area (Å²) in [6, 6.07) is 11.6. The quantitative estimate of drug-likeness (QED) is 0.632. The molecule has 0 aliphatic heterocycles. The summed E-state index contributed by atoms with van der Waals surface area (Å²) in [7, 11) is 1.58. The van der Waals surface area contributed by atoms with Crippen molar-refractivity contribution in [3.63, 3.8) is 0 Å². The number of hydrogen-bond acceptors (Lipinski definition) is 6. The second kappa shape index (κ2) is 7.79. The molecule has 138 valence electrons. The number of anilines is 1. The molecule has 7 nitrogen and oxygen atoms in total. The maximum Gasteiger partial charge on any atom is 0.234 e. The second-order valence-electron chi connectivity index (χ2n) is 6.18. The van der Waals surface area contributed by atoms with Gasteiger partial charge in [-0.1, -0.05) is 23.9 Å². The molecule has 1 aliphatic carbocycles. The Balaban J connectivity index is 1.47. The van der Waals surface area contributed by atoms with E-state index in [1.165, 1.54) is 11.8 Å². The third-order valence-corrected chi connectivity index (χ3v) is 5.17. The van der Waals surface area contributed by atoms with Crippen LogP contribution in [0.15, 0.2) is 53.9 Å². The van der Waals surface area contributed by atoms with Crippen molar-refractivity contribution in [2.45, 2.75) is 24.0 Å². The third kappa shape index (κ3) is 3.95. The molecule has 4 rings (SSSR count). The number of nitrogens with zero attached hydrogens (tertiary/aromatic N) is 4. The van der Waals surface area contributed by atoms with Gasteiger partial charge in [-0.05, 0) is 37.1 Å². The van der Waals surface area contributed by atoms with Crippen LogP contribution in [0, 0.1) is 0 Å². The van der Waals surface area contributed by atoms with Gasteiger partial charge in [0.2, 0.25) is 5.91 Å². The molecular formula is C19H19N5O2S. The summed E-state index contributed by atoms with van der Waals surface area (Å²) in [4.78, 5) is 16.4. The number of carbonyl (C=O) groups excluding carboxylic acids is 1. The van der Waals surface area contributed by atoms with E-state index >= 15 is 0 Å². The number of aromatic nitrogens is 4. The molecular weight excluding hydrogens is 362 g/mol. The fourth-order valence-electron chi connectivity index (χ4n) is 2.80. The zero-order valence-electron chi connectivity index (χ0n) is 14.8. The van der Waals surface area contributed by atoms with Gasteiger partial charge in [0.15, 0.2) is 11.0 Å². The highest BCUT2D eigenvalue weighted by Crippen LogP contribution is 2.41. The Labute approximate surface area is 161 Å². The minimum atomic E-state index is -0.111. The molecule has 0 unspecified atom stereocenters. The van der Waals surface area contributed by atoms with Gasteiger partial charge in [0.25, 0.3) is 0 Å². The van der Waals surface area contributed by atoms with Crippen LogP contribution >= 0.6 is 11.8 Å². The minimum absolute atomic E-state index is 0.111. The molecule has 2 aromatic heterocycles. The van der Waals surface area contributed by atoms with Crippen molar-refractivity contribution in [3.8, 4) is 17.1 Å². The number of para-hydroxylation sites is 2. The maximum absolute atomic E-state index is 12.4. The van der Waals surface area contributed by atoms with Gasteiger partial charge in [-0.3, -0.25) is 14.3 Å². The molecule has 8 heteroatoms. The maximum atomic E-state index is 12.4. The van der Waals surface area contributed by atoms with Crippen molar-refractivity contribution in [1.29, 1.82) is 0 Å². The molecule has 1 amide bonds. The average Bonchev–Trinajstić information content (AvgIpc) is 3.46. The first-order valence-electron chi connectivity index (χ1n) is 8.67. The van der Waals surface area contributed by atoms with Crippen LogP contribution in [0.25, 0.3) is 11.4 Å². The first kappa shape index (κ1) is 17.5. The largest absolute Gasteiger partial charge is 0.495 e. The third-order valence-electron chi connectivity index (χ3n) is 4.23. The molecule has 1 N–H and O–H groups in total. The Morgan fingerprint density at radius 1 is 1.22 bits per heavy atom. The van der Waals surface area contributed by atoms with Crippen LogP contribution < -0.4 is 10.1 Å². The van der Waals surface area contributed by atoms with Crippen molar-refractivity contribution >= 4 is 23.4 Å². The summed E-state index contributed by atoms with van der Waals surface area (Å²) < 4.78 is 7.40. The summed E-state index contributed by atoms with van der Waals surface area (Å²) in [5, 5.41) is 12.3. The Morgan fingerprint density at radius 3 is 2.74 bits per heavy atom. The lowest BCUT2D eigenvalue weighted by atomic mass is 10.2. The molecule has 2 heterocycles. The van der Waals surface area contributed by atoms with Crippen molar-refractivity contribution in [2.24, 2.45) is 0 Å². The number of hydrogen-bond donors (Lipinski definition) is 1. The first-order valence-corrected chi connectivity index (χ1v) is 9.66. The number of carbonyl (C=O) groups is 1. The smallest absolute Gasteiger partial charge is 0.234 e. The molecule has 0 atom stereocenters. The highest BCUT2D eigenvalue weighted by molar-refractivity contribution is 7.99. The Kier molecular flexibility index (Phi) is 5.06.